The Hall–Kier alpha value is -1.73. The highest BCUT2D eigenvalue weighted by molar-refractivity contribution is 7.84. The van der Waals surface area contributed by atoms with E-state index in [4.69, 9.17) is 4.74 Å². The first-order valence-corrected chi connectivity index (χ1v) is 6.67. The van der Waals surface area contributed by atoms with E-state index in [1.807, 2.05) is 18.2 Å². The fraction of sp³-hybridized carbons (Fsp3) is 0.273. The lowest BCUT2D eigenvalue weighted by Gasteiger charge is -2.11. The molecule has 0 saturated carbocycles. The van der Waals surface area contributed by atoms with Crippen molar-refractivity contribution in [3.05, 3.63) is 36.7 Å². The topological polar surface area (TPSA) is 88.1 Å². The van der Waals surface area contributed by atoms with Gasteiger partial charge in [-0.05, 0) is 12.1 Å². The van der Waals surface area contributed by atoms with Gasteiger partial charge in [0.2, 0.25) is 5.16 Å². The van der Waals surface area contributed by atoms with Crippen molar-refractivity contribution in [3.63, 3.8) is 0 Å². The van der Waals surface area contributed by atoms with Crippen LogP contribution in [0.5, 0.6) is 5.75 Å². The number of H-pyrrole nitrogens is 1. The number of aliphatic hydroxyl groups is 1. The molecule has 0 aliphatic carbocycles. The molecule has 0 spiro atoms. The number of rotatable bonds is 6. The van der Waals surface area contributed by atoms with Crippen LogP contribution in [0.2, 0.25) is 0 Å². The summed E-state index contributed by atoms with van der Waals surface area (Å²) in [7, 11) is -1.40. The molecule has 0 aliphatic heterocycles. The summed E-state index contributed by atoms with van der Waals surface area (Å²) in [6, 6.07) is 9.14. The van der Waals surface area contributed by atoms with Crippen LogP contribution in [0.25, 0.3) is 0 Å². The number of para-hydroxylation sites is 1. The van der Waals surface area contributed by atoms with Crippen LogP contribution >= 0.6 is 0 Å². The smallest absolute Gasteiger partial charge is 0.214 e. The van der Waals surface area contributed by atoms with Crippen LogP contribution < -0.4 is 4.74 Å². The molecule has 18 heavy (non-hydrogen) atoms. The van der Waals surface area contributed by atoms with Crippen LogP contribution in [0.1, 0.15) is 0 Å². The first-order chi connectivity index (χ1) is 8.75. The van der Waals surface area contributed by atoms with Gasteiger partial charge in [-0.25, -0.2) is 4.98 Å². The minimum atomic E-state index is -1.40. The minimum absolute atomic E-state index is 0.0576. The number of aliphatic hydroxyl groups excluding tert-OH is 1. The molecule has 7 heteroatoms. The summed E-state index contributed by atoms with van der Waals surface area (Å²) in [5.74, 6) is 0.726. The zero-order valence-electron chi connectivity index (χ0n) is 9.52. The van der Waals surface area contributed by atoms with Crippen LogP contribution in [0.3, 0.4) is 0 Å². The van der Waals surface area contributed by atoms with Crippen LogP contribution in [-0.4, -0.2) is 43.0 Å². The van der Waals surface area contributed by atoms with Gasteiger partial charge in [0.15, 0.2) is 0 Å². The van der Waals surface area contributed by atoms with E-state index in [1.165, 1.54) is 6.33 Å². The zero-order chi connectivity index (χ0) is 12.8. The van der Waals surface area contributed by atoms with Crippen molar-refractivity contribution in [1.82, 2.24) is 15.2 Å². The molecule has 0 aliphatic rings. The average Bonchev–Trinajstić information content (AvgIpc) is 2.91. The maximum Gasteiger partial charge on any atom is 0.214 e. The van der Waals surface area contributed by atoms with Crippen molar-refractivity contribution in [1.29, 1.82) is 0 Å². The number of nitrogens with zero attached hydrogens (tertiary/aromatic N) is 2. The van der Waals surface area contributed by atoms with Crippen LogP contribution in [-0.2, 0) is 10.8 Å². The monoisotopic (exact) mass is 267 g/mol. The van der Waals surface area contributed by atoms with E-state index in [-0.39, 0.29) is 17.5 Å². The second-order valence-corrected chi connectivity index (χ2v) is 4.99. The molecule has 0 bridgehead atoms. The molecule has 0 fully saturated rings. The zero-order valence-corrected chi connectivity index (χ0v) is 10.3. The molecule has 6 nitrogen and oxygen atoms in total. The number of benzene rings is 1. The summed E-state index contributed by atoms with van der Waals surface area (Å²) < 4.78 is 17.0. The van der Waals surface area contributed by atoms with Gasteiger partial charge in [0.25, 0.3) is 0 Å². The van der Waals surface area contributed by atoms with Gasteiger partial charge < -0.3 is 9.84 Å². The molecule has 1 aromatic carbocycles. The van der Waals surface area contributed by atoms with Gasteiger partial charge in [-0.3, -0.25) is 9.31 Å². The van der Waals surface area contributed by atoms with Crippen molar-refractivity contribution in [2.75, 3.05) is 12.4 Å². The Morgan fingerprint density at radius 2 is 2.17 bits per heavy atom. The Balaban J connectivity index is 1.79. The summed E-state index contributed by atoms with van der Waals surface area (Å²) in [4.78, 5) is 3.77. The Kier molecular flexibility index (Phi) is 4.43. The average molecular weight is 267 g/mol. The summed E-state index contributed by atoms with van der Waals surface area (Å²) in [5, 5.41) is 16.1. The fourth-order valence-electron chi connectivity index (χ4n) is 1.31. The van der Waals surface area contributed by atoms with Gasteiger partial charge in [0.1, 0.15) is 18.7 Å². The predicted octanol–water partition coefficient (Wildman–Crippen LogP) is 0.352. The molecule has 2 unspecified atom stereocenters. The van der Waals surface area contributed by atoms with Crippen molar-refractivity contribution in [3.8, 4) is 5.75 Å². The van der Waals surface area contributed by atoms with Crippen LogP contribution in [0, 0.1) is 0 Å². The molecule has 2 N–H and O–H groups in total. The lowest BCUT2D eigenvalue weighted by atomic mass is 10.3. The maximum atomic E-state index is 11.7. The van der Waals surface area contributed by atoms with E-state index in [2.05, 4.69) is 15.2 Å². The molecule has 2 rings (SSSR count). The molecular weight excluding hydrogens is 254 g/mol. The third-order valence-corrected chi connectivity index (χ3v) is 3.45. The Morgan fingerprint density at radius 1 is 1.39 bits per heavy atom. The van der Waals surface area contributed by atoms with E-state index in [0.717, 1.165) is 0 Å². The SMILES string of the molecule is O=S(CC(O)COc1ccccc1)c1ncn[nH]1. The van der Waals surface area contributed by atoms with Gasteiger partial charge >= 0.3 is 0 Å². The minimum Gasteiger partial charge on any atom is -0.491 e. The van der Waals surface area contributed by atoms with E-state index in [0.29, 0.717) is 5.75 Å². The lowest BCUT2D eigenvalue weighted by molar-refractivity contribution is 0.125. The Morgan fingerprint density at radius 3 is 2.83 bits per heavy atom. The van der Waals surface area contributed by atoms with Gasteiger partial charge in [-0.2, -0.15) is 5.10 Å². The second kappa shape index (κ2) is 6.27. The quantitative estimate of drug-likeness (QED) is 0.788. The highest BCUT2D eigenvalue weighted by atomic mass is 32.2. The number of nitrogens with one attached hydrogen (secondary N) is 1. The highest BCUT2D eigenvalue weighted by Crippen LogP contribution is 2.09. The largest absolute Gasteiger partial charge is 0.491 e. The normalized spacial score (nSPS) is 14.1. The maximum absolute atomic E-state index is 11.7. The molecule has 0 radical (unpaired) electrons. The highest BCUT2D eigenvalue weighted by Gasteiger charge is 2.14. The van der Waals surface area contributed by atoms with Gasteiger partial charge in [-0.15, -0.1) is 0 Å². The summed E-state index contributed by atoms with van der Waals surface area (Å²) in [6.45, 7) is 0.0872. The standard InChI is InChI=1S/C11H13N3O3S/c15-9(6-17-10-4-2-1-3-5-10)7-18(16)11-12-8-13-14-11/h1-5,8-9,15H,6-7H2,(H,12,13,14). The van der Waals surface area contributed by atoms with Gasteiger partial charge in [0.05, 0.1) is 22.7 Å². The van der Waals surface area contributed by atoms with E-state index in [1.54, 1.807) is 12.1 Å². The first-order valence-electron chi connectivity index (χ1n) is 5.35. The Labute approximate surface area is 106 Å². The molecule has 0 saturated heterocycles. The van der Waals surface area contributed by atoms with Crippen molar-refractivity contribution in [2.24, 2.45) is 0 Å². The molecular formula is C11H13N3O3S. The van der Waals surface area contributed by atoms with Crippen molar-refractivity contribution in [2.45, 2.75) is 11.3 Å². The van der Waals surface area contributed by atoms with Gasteiger partial charge in [0, 0.05) is 0 Å². The molecule has 2 aromatic rings. The van der Waals surface area contributed by atoms with Gasteiger partial charge in [-0.1, -0.05) is 18.2 Å². The number of hydrogen-bond donors (Lipinski definition) is 2. The van der Waals surface area contributed by atoms with Crippen LogP contribution in [0.4, 0.5) is 0 Å². The fourth-order valence-corrected chi connectivity index (χ4v) is 2.24. The van der Waals surface area contributed by atoms with Crippen LogP contribution in [0.15, 0.2) is 41.8 Å². The predicted molar refractivity (Wildman–Crippen MR) is 65.6 cm³/mol. The Bertz CT molecular complexity index is 489. The summed E-state index contributed by atoms with van der Waals surface area (Å²) >= 11 is 0. The van der Waals surface area contributed by atoms with E-state index in [9.17, 15) is 9.32 Å². The molecule has 1 heterocycles. The number of ether oxygens (including phenoxy) is 1. The van der Waals surface area contributed by atoms with E-state index >= 15 is 0 Å². The van der Waals surface area contributed by atoms with E-state index < -0.39 is 16.9 Å². The molecule has 0 amide bonds. The number of aromatic nitrogens is 3. The third kappa shape index (κ3) is 3.64. The first kappa shape index (κ1) is 12.7. The number of aromatic amines is 1. The summed E-state index contributed by atoms with van der Waals surface area (Å²) in [5.41, 5.74) is 0. The number of hydrogen-bond acceptors (Lipinski definition) is 5. The van der Waals surface area contributed by atoms with Crippen molar-refractivity contribution < 1.29 is 14.1 Å². The van der Waals surface area contributed by atoms with Crippen molar-refractivity contribution >= 4 is 10.8 Å². The molecule has 96 valence electrons. The summed E-state index contributed by atoms with van der Waals surface area (Å²) in [6.07, 6.45) is 0.455. The molecule has 2 atom stereocenters. The third-order valence-electron chi connectivity index (χ3n) is 2.14. The molecule has 1 aromatic heterocycles. The lowest BCUT2D eigenvalue weighted by Crippen LogP contribution is -2.24. The second-order valence-electron chi connectivity index (χ2n) is 3.58.